The lowest BCUT2D eigenvalue weighted by Gasteiger charge is -2.32. The Morgan fingerprint density at radius 2 is 1.74 bits per heavy atom. The first-order valence-corrected chi connectivity index (χ1v) is 10.5. The van der Waals surface area contributed by atoms with Gasteiger partial charge in [0.1, 0.15) is 5.82 Å². The predicted octanol–water partition coefficient (Wildman–Crippen LogP) is 4.62. The second-order valence-electron chi connectivity index (χ2n) is 7.87. The number of anilines is 3. The summed E-state index contributed by atoms with van der Waals surface area (Å²) in [5.41, 5.74) is 3.38. The van der Waals surface area contributed by atoms with Gasteiger partial charge in [0.25, 0.3) is 5.91 Å². The molecule has 1 aromatic heterocycles. The van der Waals surface area contributed by atoms with Gasteiger partial charge in [0.2, 0.25) is 5.91 Å². The van der Waals surface area contributed by atoms with Crippen LogP contribution in [0.2, 0.25) is 0 Å². The van der Waals surface area contributed by atoms with Crippen molar-refractivity contribution in [1.82, 2.24) is 9.88 Å². The molecule has 2 amide bonds. The molecule has 31 heavy (non-hydrogen) atoms. The summed E-state index contributed by atoms with van der Waals surface area (Å²) in [6.07, 6.45) is 3.22. The Morgan fingerprint density at radius 3 is 2.45 bits per heavy atom. The van der Waals surface area contributed by atoms with E-state index in [4.69, 9.17) is 0 Å². The predicted molar refractivity (Wildman–Crippen MR) is 122 cm³/mol. The number of hydrogen-bond acceptors (Lipinski definition) is 4. The maximum absolute atomic E-state index is 12.8. The largest absolute Gasteiger partial charge is 0.340 e. The van der Waals surface area contributed by atoms with E-state index in [1.165, 1.54) is 0 Å². The van der Waals surface area contributed by atoms with Gasteiger partial charge >= 0.3 is 0 Å². The molecule has 158 valence electrons. The van der Waals surface area contributed by atoms with E-state index in [1.54, 1.807) is 11.1 Å². The molecule has 3 aromatic rings. The smallest absolute Gasteiger partial charge is 0.253 e. The monoisotopic (exact) mass is 414 g/mol. The maximum Gasteiger partial charge on any atom is 0.253 e. The fraction of sp³-hybridized carbons (Fsp3) is 0.240. The molecule has 1 fully saturated rings. The SMILES string of the molecule is Cc1ccc(C(=O)N2CCC[C@H](C(=O)Nc3ccc(Nc4ccccc4)nc3)C2)cc1. The average Bonchev–Trinajstić information content (AvgIpc) is 2.81. The number of pyridine rings is 1. The summed E-state index contributed by atoms with van der Waals surface area (Å²) in [5.74, 6) is 0.379. The van der Waals surface area contributed by atoms with Crippen molar-refractivity contribution in [2.24, 2.45) is 5.92 Å². The molecule has 1 saturated heterocycles. The van der Waals surface area contributed by atoms with Crippen LogP contribution >= 0.6 is 0 Å². The van der Waals surface area contributed by atoms with Crippen LogP contribution in [0.25, 0.3) is 0 Å². The Kier molecular flexibility index (Phi) is 6.26. The summed E-state index contributed by atoms with van der Waals surface area (Å²) in [4.78, 5) is 31.8. The third-order valence-corrected chi connectivity index (χ3v) is 5.46. The summed E-state index contributed by atoms with van der Waals surface area (Å²) >= 11 is 0. The van der Waals surface area contributed by atoms with Crippen molar-refractivity contribution in [3.63, 3.8) is 0 Å². The van der Waals surface area contributed by atoms with Crippen LogP contribution in [0, 0.1) is 12.8 Å². The van der Waals surface area contributed by atoms with Crippen molar-refractivity contribution in [3.8, 4) is 0 Å². The highest BCUT2D eigenvalue weighted by Crippen LogP contribution is 2.21. The standard InChI is InChI=1S/C25H26N4O2/c1-18-9-11-19(12-10-18)25(31)29-15-5-6-20(17-29)24(30)28-22-13-14-23(26-16-22)27-21-7-3-2-4-8-21/h2-4,7-14,16,20H,5-6,15,17H2,1H3,(H,26,27)(H,28,30)/t20-/m0/s1. The zero-order valence-electron chi connectivity index (χ0n) is 17.5. The van der Waals surface area contributed by atoms with E-state index >= 15 is 0 Å². The Labute approximate surface area is 182 Å². The number of benzene rings is 2. The summed E-state index contributed by atoms with van der Waals surface area (Å²) in [6, 6.07) is 21.0. The van der Waals surface area contributed by atoms with Gasteiger partial charge in [0.05, 0.1) is 17.8 Å². The molecule has 2 N–H and O–H groups in total. The van der Waals surface area contributed by atoms with Gasteiger partial charge in [-0.15, -0.1) is 0 Å². The molecule has 6 nitrogen and oxygen atoms in total. The quantitative estimate of drug-likeness (QED) is 0.639. The molecule has 0 aliphatic carbocycles. The van der Waals surface area contributed by atoms with Crippen LogP contribution in [0.1, 0.15) is 28.8 Å². The highest BCUT2D eigenvalue weighted by Gasteiger charge is 2.29. The number of nitrogens with one attached hydrogen (secondary N) is 2. The molecule has 1 aliphatic heterocycles. The minimum atomic E-state index is -0.231. The Balaban J connectivity index is 1.34. The number of para-hydroxylation sites is 1. The first-order chi connectivity index (χ1) is 15.1. The summed E-state index contributed by atoms with van der Waals surface area (Å²) in [7, 11) is 0. The number of nitrogens with zero attached hydrogens (tertiary/aromatic N) is 2. The molecule has 0 radical (unpaired) electrons. The average molecular weight is 415 g/mol. The fourth-order valence-electron chi connectivity index (χ4n) is 3.71. The summed E-state index contributed by atoms with van der Waals surface area (Å²) in [6.45, 7) is 3.10. The van der Waals surface area contributed by atoms with Gasteiger partial charge in [-0.2, -0.15) is 0 Å². The molecule has 1 atom stereocenters. The van der Waals surface area contributed by atoms with Crippen LogP contribution in [-0.4, -0.2) is 34.8 Å². The highest BCUT2D eigenvalue weighted by molar-refractivity contribution is 5.96. The Morgan fingerprint density at radius 1 is 0.968 bits per heavy atom. The number of piperidine rings is 1. The summed E-state index contributed by atoms with van der Waals surface area (Å²) in [5, 5.41) is 6.16. The zero-order valence-corrected chi connectivity index (χ0v) is 17.5. The topological polar surface area (TPSA) is 74.3 Å². The molecule has 4 rings (SSSR count). The number of amides is 2. The van der Waals surface area contributed by atoms with E-state index in [-0.39, 0.29) is 17.7 Å². The van der Waals surface area contributed by atoms with Gasteiger partial charge < -0.3 is 15.5 Å². The van der Waals surface area contributed by atoms with E-state index in [1.807, 2.05) is 73.7 Å². The third-order valence-electron chi connectivity index (χ3n) is 5.46. The molecular formula is C25H26N4O2. The van der Waals surface area contributed by atoms with Gasteiger partial charge in [0.15, 0.2) is 0 Å². The molecular weight excluding hydrogens is 388 g/mol. The van der Waals surface area contributed by atoms with Crippen molar-refractivity contribution in [2.75, 3.05) is 23.7 Å². The van der Waals surface area contributed by atoms with Crippen LogP contribution in [0.5, 0.6) is 0 Å². The molecule has 6 heteroatoms. The molecule has 0 unspecified atom stereocenters. The Bertz CT molecular complexity index is 1030. The van der Waals surface area contributed by atoms with Gasteiger partial charge in [-0.25, -0.2) is 4.98 Å². The molecule has 1 aliphatic rings. The van der Waals surface area contributed by atoms with Crippen molar-refractivity contribution in [2.45, 2.75) is 19.8 Å². The number of carbonyl (C=O) groups excluding carboxylic acids is 2. The van der Waals surface area contributed by atoms with E-state index in [0.29, 0.717) is 30.2 Å². The fourth-order valence-corrected chi connectivity index (χ4v) is 3.71. The van der Waals surface area contributed by atoms with Crippen LogP contribution in [0.3, 0.4) is 0 Å². The third kappa shape index (κ3) is 5.28. The van der Waals surface area contributed by atoms with Crippen LogP contribution < -0.4 is 10.6 Å². The minimum absolute atomic E-state index is 0.0181. The second-order valence-corrected chi connectivity index (χ2v) is 7.87. The highest BCUT2D eigenvalue weighted by atomic mass is 16.2. The van der Waals surface area contributed by atoms with E-state index in [0.717, 1.165) is 24.1 Å². The minimum Gasteiger partial charge on any atom is -0.340 e. The van der Waals surface area contributed by atoms with Crippen molar-refractivity contribution in [1.29, 1.82) is 0 Å². The number of aromatic nitrogens is 1. The van der Waals surface area contributed by atoms with Crippen molar-refractivity contribution in [3.05, 3.63) is 84.1 Å². The molecule has 0 bridgehead atoms. The lowest BCUT2D eigenvalue weighted by atomic mass is 9.96. The molecule has 2 aromatic carbocycles. The number of likely N-dealkylation sites (tertiary alicyclic amines) is 1. The van der Waals surface area contributed by atoms with Gasteiger partial charge in [-0.1, -0.05) is 35.9 Å². The number of hydrogen-bond donors (Lipinski definition) is 2. The lowest BCUT2D eigenvalue weighted by Crippen LogP contribution is -2.43. The molecule has 2 heterocycles. The summed E-state index contributed by atoms with van der Waals surface area (Å²) < 4.78 is 0. The lowest BCUT2D eigenvalue weighted by molar-refractivity contribution is -0.121. The van der Waals surface area contributed by atoms with Gasteiger partial charge in [0, 0.05) is 24.3 Å². The Hall–Kier alpha value is -3.67. The van der Waals surface area contributed by atoms with Crippen LogP contribution in [-0.2, 0) is 4.79 Å². The first-order valence-electron chi connectivity index (χ1n) is 10.5. The van der Waals surface area contributed by atoms with Crippen LogP contribution in [0.4, 0.5) is 17.2 Å². The van der Waals surface area contributed by atoms with Crippen LogP contribution in [0.15, 0.2) is 72.9 Å². The second kappa shape index (κ2) is 9.43. The number of aryl methyl sites for hydroxylation is 1. The molecule has 0 saturated carbocycles. The number of carbonyl (C=O) groups is 2. The molecule has 0 spiro atoms. The normalized spacial score (nSPS) is 15.9. The van der Waals surface area contributed by atoms with Crippen molar-refractivity contribution >= 4 is 29.0 Å². The maximum atomic E-state index is 12.8. The van der Waals surface area contributed by atoms with Crippen molar-refractivity contribution < 1.29 is 9.59 Å². The van der Waals surface area contributed by atoms with Gasteiger partial charge in [-0.05, 0) is 56.2 Å². The van der Waals surface area contributed by atoms with Gasteiger partial charge in [-0.3, -0.25) is 9.59 Å². The zero-order chi connectivity index (χ0) is 21.6. The first kappa shape index (κ1) is 20.6. The van der Waals surface area contributed by atoms with E-state index in [9.17, 15) is 9.59 Å². The van der Waals surface area contributed by atoms with E-state index in [2.05, 4.69) is 15.6 Å². The van der Waals surface area contributed by atoms with E-state index < -0.39 is 0 Å². The number of rotatable bonds is 5.